The van der Waals surface area contributed by atoms with Gasteiger partial charge in [0, 0.05) is 23.6 Å². The molecule has 2 aromatic rings. The molecule has 0 aliphatic carbocycles. The third-order valence-electron chi connectivity index (χ3n) is 1.77. The van der Waals surface area contributed by atoms with Gasteiger partial charge < -0.3 is 5.73 Å². The average Bonchev–Trinajstić information content (AvgIpc) is 2.20. The van der Waals surface area contributed by atoms with Crippen molar-refractivity contribution in [1.82, 2.24) is 9.97 Å². The van der Waals surface area contributed by atoms with Crippen molar-refractivity contribution in [3.8, 4) is 11.4 Å². The van der Waals surface area contributed by atoms with E-state index >= 15 is 0 Å². The molecule has 0 aliphatic rings. The quantitative estimate of drug-likeness (QED) is 0.729. The molecule has 0 saturated heterocycles. The van der Waals surface area contributed by atoms with E-state index < -0.39 is 0 Å². The minimum atomic E-state index is 0. The molecule has 0 radical (unpaired) electrons. The van der Waals surface area contributed by atoms with Crippen molar-refractivity contribution in [2.75, 3.05) is 5.73 Å². The SMILES string of the molecule is Cl.Nc1ccccc1-c1ncccn1. The number of rotatable bonds is 1. The molecule has 1 aromatic carbocycles. The minimum absolute atomic E-state index is 0. The molecular formula is C10H10ClN3. The zero-order chi connectivity index (χ0) is 9.10. The summed E-state index contributed by atoms with van der Waals surface area (Å²) >= 11 is 0. The summed E-state index contributed by atoms with van der Waals surface area (Å²) in [7, 11) is 0. The topological polar surface area (TPSA) is 51.8 Å². The van der Waals surface area contributed by atoms with Gasteiger partial charge in [-0.1, -0.05) is 12.1 Å². The van der Waals surface area contributed by atoms with Gasteiger partial charge in [-0.15, -0.1) is 12.4 Å². The summed E-state index contributed by atoms with van der Waals surface area (Å²) < 4.78 is 0. The van der Waals surface area contributed by atoms with Crippen LogP contribution in [0.4, 0.5) is 5.69 Å². The molecule has 0 aliphatic heterocycles. The van der Waals surface area contributed by atoms with Crippen LogP contribution in [0, 0.1) is 0 Å². The summed E-state index contributed by atoms with van der Waals surface area (Å²) in [5.41, 5.74) is 7.35. The van der Waals surface area contributed by atoms with E-state index in [1.807, 2.05) is 24.3 Å². The molecule has 4 heteroatoms. The number of hydrogen-bond donors (Lipinski definition) is 1. The lowest BCUT2D eigenvalue weighted by atomic mass is 10.2. The summed E-state index contributed by atoms with van der Waals surface area (Å²) in [4.78, 5) is 8.24. The van der Waals surface area contributed by atoms with Crippen LogP contribution in [0.5, 0.6) is 0 Å². The molecule has 0 fully saturated rings. The van der Waals surface area contributed by atoms with Crippen molar-refractivity contribution in [2.24, 2.45) is 0 Å². The van der Waals surface area contributed by atoms with E-state index in [-0.39, 0.29) is 12.4 Å². The van der Waals surface area contributed by atoms with E-state index in [2.05, 4.69) is 9.97 Å². The third-order valence-corrected chi connectivity index (χ3v) is 1.77. The lowest BCUT2D eigenvalue weighted by Crippen LogP contribution is -1.92. The Bertz CT molecular complexity index is 403. The van der Waals surface area contributed by atoms with E-state index in [4.69, 9.17) is 5.73 Å². The Hall–Kier alpha value is -1.61. The maximum atomic E-state index is 5.77. The maximum Gasteiger partial charge on any atom is 0.161 e. The van der Waals surface area contributed by atoms with Crippen molar-refractivity contribution in [2.45, 2.75) is 0 Å². The first-order valence-electron chi connectivity index (χ1n) is 4.00. The number of benzene rings is 1. The first-order chi connectivity index (χ1) is 6.38. The fraction of sp³-hybridized carbons (Fsp3) is 0. The van der Waals surface area contributed by atoms with Crippen LogP contribution in [-0.4, -0.2) is 9.97 Å². The molecule has 0 spiro atoms. The number of nitrogens with two attached hydrogens (primary N) is 1. The van der Waals surface area contributed by atoms with Gasteiger partial charge in [0.05, 0.1) is 0 Å². The van der Waals surface area contributed by atoms with Crippen molar-refractivity contribution in [1.29, 1.82) is 0 Å². The number of anilines is 1. The zero-order valence-electron chi connectivity index (χ0n) is 7.42. The molecule has 1 aromatic heterocycles. The van der Waals surface area contributed by atoms with Gasteiger partial charge >= 0.3 is 0 Å². The smallest absolute Gasteiger partial charge is 0.161 e. The number of nitrogen functional groups attached to an aromatic ring is 1. The fourth-order valence-corrected chi connectivity index (χ4v) is 1.14. The molecular weight excluding hydrogens is 198 g/mol. The van der Waals surface area contributed by atoms with Crippen LogP contribution in [-0.2, 0) is 0 Å². The Morgan fingerprint density at radius 2 is 1.57 bits per heavy atom. The molecule has 3 nitrogen and oxygen atoms in total. The second-order valence-electron chi connectivity index (χ2n) is 2.66. The molecule has 0 unspecified atom stereocenters. The van der Waals surface area contributed by atoms with Crippen molar-refractivity contribution in [3.63, 3.8) is 0 Å². The number of nitrogens with zero attached hydrogens (tertiary/aromatic N) is 2. The fourth-order valence-electron chi connectivity index (χ4n) is 1.14. The number of para-hydroxylation sites is 1. The molecule has 2 N–H and O–H groups in total. The van der Waals surface area contributed by atoms with Crippen LogP contribution in [0.2, 0.25) is 0 Å². The number of aromatic nitrogens is 2. The maximum absolute atomic E-state index is 5.77. The van der Waals surface area contributed by atoms with Gasteiger partial charge in [-0.05, 0) is 18.2 Å². The van der Waals surface area contributed by atoms with Crippen LogP contribution in [0.1, 0.15) is 0 Å². The minimum Gasteiger partial charge on any atom is -0.398 e. The summed E-state index contributed by atoms with van der Waals surface area (Å²) in [5.74, 6) is 0.667. The molecule has 1 heterocycles. The lowest BCUT2D eigenvalue weighted by Gasteiger charge is -2.01. The van der Waals surface area contributed by atoms with Gasteiger partial charge in [-0.3, -0.25) is 0 Å². The van der Waals surface area contributed by atoms with E-state index in [1.165, 1.54) is 0 Å². The molecule has 72 valence electrons. The second-order valence-corrected chi connectivity index (χ2v) is 2.66. The summed E-state index contributed by atoms with van der Waals surface area (Å²) in [5, 5.41) is 0. The molecule has 2 rings (SSSR count). The van der Waals surface area contributed by atoms with E-state index in [0.29, 0.717) is 11.5 Å². The summed E-state index contributed by atoms with van der Waals surface area (Å²) in [6, 6.07) is 9.34. The van der Waals surface area contributed by atoms with E-state index in [9.17, 15) is 0 Å². The monoisotopic (exact) mass is 207 g/mol. The Morgan fingerprint density at radius 1 is 0.929 bits per heavy atom. The van der Waals surface area contributed by atoms with Crippen molar-refractivity contribution in [3.05, 3.63) is 42.7 Å². The van der Waals surface area contributed by atoms with Crippen LogP contribution in [0.3, 0.4) is 0 Å². The Kier molecular flexibility index (Phi) is 3.42. The molecule has 0 amide bonds. The van der Waals surface area contributed by atoms with Gasteiger partial charge in [-0.25, -0.2) is 9.97 Å². The van der Waals surface area contributed by atoms with Gasteiger partial charge in [0.25, 0.3) is 0 Å². The summed E-state index contributed by atoms with van der Waals surface area (Å²) in [6.07, 6.45) is 3.41. The average molecular weight is 208 g/mol. The standard InChI is InChI=1S/C10H9N3.ClH/c11-9-5-2-1-4-8(9)10-12-6-3-7-13-10;/h1-7H,11H2;1H. The number of halogens is 1. The molecule has 0 saturated carbocycles. The Balaban J connectivity index is 0.000000980. The third kappa shape index (κ3) is 2.00. The van der Waals surface area contributed by atoms with Crippen molar-refractivity contribution >= 4 is 18.1 Å². The summed E-state index contributed by atoms with van der Waals surface area (Å²) in [6.45, 7) is 0. The molecule has 0 atom stereocenters. The Labute approximate surface area is 88.4 Å². The predicted octanol–water partition coefficient (Wildman–Crippen LogP) is 2.15. The highest BCUT2D eigenvalue weighted by atomic mass is 35.5. The first kappa shape index (κ1) is 10.5. The van der Waals surface area contributed by atoms with E-state index in [0.717, 1.165) is 5.56 Å². The Morgan fingerprint density at radius 3 is 2.21 bits per heavy atom. The largest absolute Gasteiger partial charge is 0.398 e. The predicted molar refractivity (Wildman–Crippen MR) is 59.1 cm³/mol. The number of hydrogen-bond acceptors (Lipinski definition) is 3. The second kappa shape index (κ2) is 4.58. The van der Waals surface area contributed by atoms with Crippen LogP contribution >= 0.6 is 12.4 Å². The highest BCUT2D eigenvalue weighted by Gasteiger charge is 2.01. The lowest BCUT2D eigenvalue weighted by molar-refractivity contribution is 1.18. The van der Waals surface area contributed by atoms with Crippen molar-refractivity contribution < 1.29 is 0 Å². The highest BCUT2D eigenvalue weighted by molar-refractivity contribution is 5.85. The van der Waals surface area contributed by atoms with Gasteiger partial charge in [0.2, 0.25) is 0 Å². The van der Waals surface area contributed by atoms with Crippen LogP contribution in [0.25, 0.3) is 11.4 Å². The normalized spacial score (nSPS) is 9.14. The van der Waals surface area contributed by atoms with Crippen LogP contribution in [0.15, 0.2) is 42.7 Å². The van der Waals surface area contributed by atoms with Gasteiger partial charge in [0.1, 0.15) is 0 Å². The molecule has 0 bridgehead atoms. The van der Waals surface area contributed by atoms with Gasteiger partial charge in [-0.2, -0.15) is 0 Å². The van der Waals surface area contributed by atoms with Crippen LogP contribution < -0.4 is 5.73 Å². The first-order valence-corrected chi connectivity index (χ1v) is 4.00. The molecule has 14 heavy (non-hydrogen) atoms. The zero-order valence-corrected chi connectivity index (χ0v) is 8.24. The van der Waals surface area contributed by atoms with Gasteiger partial charge in [0.15, 0.2) is 5.82 Å². The van der Waals surface area contributed by atoms with E-state index in [1.54, 1.807) is 18.5 Å². The highest BCUT2D eigenvalue weighted by Crippen LogP contribution is 2.20.